The van der Waals surface area contributed by atoms with Gasteiger partial charge in [0.2, 0.25) is 0 Å². The second-order valence-corrected chi connectivity index (χ2v) is 8.55. The fourth-order valence-corrected chi connectivity index (χ4v) is 4.13. The van der Waals surface area contributed by atoms with Crippen LogP contribution in [-0.4, -0.2) is 23.5 Å². The number of pyridine rings is 1. The molecule has 8 heteroatoms. The second kappa shape index (κ2) is 9.60. The number of rotatable bonds is 6. The van der Waals surface area contributed by atoms with Crippen molar-refractivity contribution in [2.24, 2.45) is 0 Å². The second-order valence-electron chi connectivity index (χ2n) is 6.83. The number of aromatic nitrogens is 1. The Hall–Kier alpha value is -3.73. The molecule has 0 aliphatic rings. The molecule has 0 fully saturated rings. The molecule has 2 aromatic carbocycles. The fraction of sp³-hybridized carbons (Fsp3) is 0.0833. The van der Waals surface area contributed by atoms with Crippen molar-refractivity contribution >= 4 is 51.4 Å². The maximum Gasteiger partial charge on any atom is 0.339 e. The maximum atomic E-state index is 12.8. The van der Waals surface area contributed by atoms with E-state index in [0.29, 0.717) is 38.6 Å². The third kappa shape index (κ3) is 4.94. The Morgan fingerprint density at radius 1 is 1.09 bits per heavy atom. The Labute approximate surface area is 193 Å². The zero-order valence-electron chi connectivity index (χ0n) is 16.7. The van der Waals surface area contributed by atoms with E-state index in [2.05, 4.69) is 16.4 Å². The maximum absolute atomic E-state index is 12.8. The van der Waals surface area contributed by atoms with Crippen LogP contribution in [0, 0.1) is 11.3 Å². The normalized spacial score (nSPS) is 10.5. The average molecular weight is 462 g/mol. The van der Waals surface area contributed by atoms with Gasteiger partial charge in [0.1, 0.15) is 0 Å². The minimum atomic E-state index is -0.618. The van der Waals surface area contributed by atoms with E-state index >= 15 is 0 Å². The number of fused-ring (bicyclic) bond motifs is 1. The average Bonchev–Trinajstić information content (AvgIpc) is 3.24. The third-order valence-electron chi connectivity index (χ3n) is 4.62. The number of esters is 1. The number of para-hydroxylation sites is 1. The lowest BCUT2D eigenvalue weighted by Gasteiger charge is -2.10. The molecule has 1 amide bonds. The highest BCUT2D eigenvalue weighted by Crippen LogP contribution is 2.32. The van der Waals surface area contributed by atoms with Crippen LogP contribution >= 0.6 is 22.9 Å². The summed E-state index contributed by atoms with van der Waals surface area (Å²) in [6.45, 7) is -0.435. The summed E-state index contributed by atoms with van der Waals surface area (Å²) in [6.07, 6.45) is 0.297. The summed E-state index contributed by atoms with van der Waals surface area (Å²) >= 11 is 7.41. The predicted octanol–water partition coefficient (Wildman–Crippen LogP) is 5.48. The van der Waals surface area contributed by atoms with Crippen LogP contribution in [0.5, 0.6) is 0 Å². The van der Waals surface area contributed by atoms with E-state index in [4.69, 9.17) is 21.6 Å². The van der Waals surface area contributed by atoms with Crippen LogP contribution < -0.4 is 5.32 Å². The number of anilines is 1. The molecule has 0 unspecified atom stereocenters. The Morgan fingerprint density at radius 3 is 2.59 bits per heavy atom. The first-order valence-corrected chi connectivity index (χ1v) is 10.8. The van der Waals surface area contributed by atoms with Crippen molar-refractivity contribution in [2.75, 3.05) is 11.9 Å². The Balaban J connectivity index is 1.49. The Morgan fingerprint density at radius 2 is 1.88 bits per heavy atom. The first-order chi connectivity index (χ1) is 15.5. The number of nitrogens with one attached hydrogen (secondary N) is 1. The van der Waals surface area contributed by atoms with Crippen molar-refractivity contribution in [3.63, 3.8) is 0 Å². The monoisotopic (exact) mass is 461 g/mol. The van der Waals surface area contributed by atoms with E-state index in [1.54, 1.807) is 42.5 Å². The van der Waals surface area contributed by atoms with E-state index in [9.17, 15) is 9.59 Å². The molecule has 0 saturated heterocycles. The predicted molar refractivity (Wildman–Crippen MR) is 125 cm³/mol. The van der Waals surface area contributed by atoms with Gasteiger partial charge in [-0.15, -0.1) is 11.3 Å². The molecule has 0 radical (unpaired) electrons. The number of benzene rings is 2. The summed E-state index contributed by atoms with van der Waals surface area (Å²) in [5.41, 5.74) is 2.98. The lowest BCUT2D eigenvalue weighted by molar-refractivity contribution is -0.119. The van der Waals surface area contributed by atoms with Crippen molar-refractivity contribution in [1.82, 2.24) is 4.98 Å². The molecule has 0 atom stereocenters. The molecule has 0 aliphatic carbocycles. The lowest BCUT2D eigenvalue weighted by atomic mass is 10.1. The molecular formula is C24H16ClN3O3S. The van der Waals surface area contributed by atoms with Crippen molar-refractivity contribution < 1.29 is 14.3 Å². The molecule has 0 aliphatic heterocycles. The van der Waals surface area contributed by atoms with Crippen LogP contribution in [0.15, 0.2) is 66.7 Å². The van der Waals surface area contributed by atoms with Crippen LogP contribution in [0.1, 0.15) is 15.9 Å². The number of carbonyl (C=O) groups is 2. The number of amides is 1. The molecule has 1 N–H and O–H groups in total. The first-order valence-electron chi connectivity index (χ1n) is 9.62. The molecule has 2 aromatic heterocycles. The van der Waals surface area contributed by atoms with E-state index in [-0.39, 0.29) is 0 Å². The minimum Gasteiger partial charge on any atom is -0.452 e. The molecule has 6 nitrogen and oxygen atoms in total. The summed E-state index contributed by atoms with van der Waals surface area (Å²) in [5.74, 6) is -1.08. The topological polar surface area (TPSA) is 92.1 Å². The quantitative estimate of drug-likeness (QED) is 0.384. The zero-order valence-corrected chi connectivity index (χ0v) is 18.2. The van der Waals surface area contributed by atoms with Crippen LogP contribution in [0.2, 0.25) is 4.34 Å². The highest BCUT2D eigenvalue weighted by Gasteiger charge is 2.17. The van der Waals surface area contributed by atoms with Crippen LogP contribution in [0.25, 0.3) is 21.5 Å². The van der Waals surface area contributed by atoms with Crippen molar-refractivity contribution in [3.05, 3.63) is 82.2 Å². The van der Waals surface area contributed by atoms with Crippen molar-refractivity contribution in [1.29, 1.82) is 5.26 Å². The molecule has 0 bridgehead atoms. The molecule has 2 heterocycles. The Bertz CT molecular complexity index is 1340. The van der Waals surface area contributed by atoms with Crippen LogP contribution in [0.4, 0.5) is 5.69 Å². The number of nitriles is 1. The lowest BCUT2D eigenvalue weighted by Crippen LogP contribution is -2.21. The molecule has 32 heavy (non-hydrogen) atoms. The molecule has 158 valence electrons. The van der Waals surface area contributed by atoms with Gasteiger partial charge in [-0.3, -0.25) is 4.79 Å². The highest BCUT2D eigenvalue weighted by atomic mass is 35.5. The number of thiophene rings is 1. The van der Waals surface area contributed by atoms with Gasteiger partial charge in [-0.25, -0.2) is 9.78 Å². The van der Waals surface area contributed by atoms with Gasteiger partial charge in [0.25, 0.3) is 5.91 Å². The van der Waals surface area contributed by atoms with Gasteiger partial charge in [0.05, 0.1) is 38.5 Å². The van der Waals surface area contributed by atoms with E-state index in [1.807, 2.05) is 24.3 Å². The van der Waals surface area contributed by atoms with Gasteiger partial charge >= 0.3 is 5.97 Å². The molecule has 4 rings (SSSR count). The van der Waals surface area contributed by atoms with Crippen molar-refractivity contribution in [3.8, 4) is 16.6 Å². The summed E-state index contributed by atoms with van der Waals surface area (Å²) in [6, 6.07) is 21.5. The SMILES string of the molecule is N#CCc1ccc(NC(=O)COC(=O)c2cc(-c3ccc(Cl)s3)nc3ccccc23)cc1. The van der Waals surface area contributed by atoms with E-state index in [0.717, 1.165) is 10.4 Å². The fourth-order valence-electron chi connectivity index (χ4n) is 3.13. The van der Waals surface area contributed by atoms with Crippen molar-refractivity contribution in [2.45, 2.75) is 6.42 Å². The van der Waals surface area contributed by atoms with Gasteiger partial charge < -0.3 is 10.1 Å². The van der Waals surface area contributed by atoms with Gasteiger partial charge in [-0.1, -0.05) is 41.9 Å². The third-order valence-corrected chi connectivity index (χ3v) is 5.87. The van der Waals surface area contributed by atoms with E-state index in [1.165, 1.54) is 11.3 Å². The van der Waals surface area contributed by atoms with E-state index < -0.39 is 18.5 Å². The zero-order chi connectivity index (χ0) is 22.5. The number of halogens is 1. The number of ether oxygens (including phenoxy) is 1. The van der Waals surface area contributed by atoms with Gasteiger partial charge in [0.15, 0.2) is 6.61 Å². The molecule has 0 saturated carbocycles. The summed E-state index contributed by atoms with van der Waals surface area (Å²) < 4.78 is 5.91. The number of hydrogen-bond acceptors (Lipinski definition) is 6. The summed E-state index contributed by atoms with van der Waals surface area (Å²) in [7, 11) is 0. The molecule has 0 spiro atoms. The Kier molecular flexibility index (Phi) is 6.45. The molecular weight excluding hydrogens is 446 g/mol. The van der Waals surface area contributed by atoms with Gasteiger partial charge in [0, 0.05) is 11.1 Å². The van der Waals surface area contributed by atoms with Gasteiger partial charge in [-0.2, -0.15) is 5.26 Å². The number of hydrogen-bond donors (Lipinski definition) is 1. The van der Waals surface area contributed by atoms with Gasteiger partial charge in [-0.05, 0) is 42.0 Å². The highest BCUT2D eigenvalue weighted by molar-refractivity contribution is 7.19. The van der Waals surface area contributed by atoms with Crippen LogP contribution in [0.3, 0.4) is 0 Å². The summed E-state index contributed by atoms with van der Waals surface area (Å²) in [5, 5.41) is 12.0. The minimum absolute atomic E-state index is 0.297. The summed E-state index contributed by atoms with van der Waals surface area (Å²) in [4.78, 5) is 30.5. The number of carbonyl (C=O) groups excluding carboxylic acids is 2. The largest absolute Gasteiger partial charge is 0.452 e. The standard InChI is InChI=1S/C24H16ClN3O3S/c25-22-10-9-21(32-22)20-13-18(17-3-1-2-4-19(17)28-20)24(30)31-14-23(29)27-16-7-5-15(6-8-16)11-12-26/h1-10,13H,11,14H2,(H,27,29). The molecule has 4 aromatic rings. The first kappa shape index (κ1) is 21.5. The number of nitrogens with zero attached hydrogens (tertiary/aromatic N) is 2. The smallest absolute Gasteiger partial charge is 0.339 e. The van der Waals surface area contributed by atoms with Crippen LogP contribution in [-0.2, 0) is 16.0 Å².